The lowest BCUT2D eigenvalue weighted by molar-refractivity contribution is 0.181. The Labute approximate surface area is 119 Å². The molecule has 2 aromatic rings. The highest BCUT2D eigenvalue weighted by molar-refractivity contribution is 5.53. The molecule has 6 nitrogen and oxygen atoms in total. The predicted molar refractivity (Wildman–Crippen MR) is 78.5 cm³/mol. The summed E-state index contributed by atoms with van der Waals surface area (Å²) in [5, 5.41) is 3.22. The molecule has 0 aliphatic rings. The first-order chi connectivity index (χ1) is 9.65. The first-order valence-electron chi connectivity index (χ1n) is 6.78. The molecule has 0 aliphatic heterocycles. The van der Waals surface area contributed by atoms with Gasteiger partial charge in [0.15, 0.2) is 5.82 Å². The van der Waals surface area contributed by atoms with Crippen molar-refractivity contribution in [2.45, 2.75) is 33.4 Å². The SMILES string of the molecule is CCNc1cc(COC)nc(-c2cncn2C(C)C)n1. The van der Waals surface area contributed by atoms with Crippen LogP contribution in [0.2, 0.25) is 0 Å². The van der Waals surface area contributed by atoms with E-state index in [1.807, 2.05) is 13.0 Å². The summed E-state index contributed by atoms with van der Waals surface area (Å²) in [6, 6.07) is 2.22. The highest BCUT2D eigenvalue weighted by Crippen LogP contribution is 2.21. The van der Waals surface area contributed by atoms with E-state index in [2.05, 4.69) is 38.7 Å². The van der Waals surface area contributed by atoms with E-state index in [9.17, 15) is 0 Å². The van der Waals surface area contributed by atoms with Crippen LogP contribution in [0, 0.1) is 0 Å². The number of ether oxygens (including phenoxy) is 1. The zero-order valence-corrected chi connectivity index (χ0v) is 12.4. The van der Waals surface area contributed by atoms with E-state index in [4.69, 9.17) is 4.74 Å². The van der Waals surface area contributed by atoms with Crippen LogP contribution in [0.1, 0.15) is 32.5 Å². The fraction of sp³-hybridized carbons (Fsp3) is 0.500. The molecule has 0 atom stereocenters. The van der Waals surface area contributed by atoms with E-state index in [0.717, 1.165) is 23.8 Å². The molecule has 0 fully saturated rings. The van der Waals surface area contributed by atoms with E-state index in [1.165, 1.54) is 0 Å². The number of methoxy groups -OCH3 is 1. The van der Waals surface area contributed by atoms with Crippen molar-refractivity contribution in [2.24, 2.45) is 0 Å². The Kier molecular flexibility index (Phi) is 4.68. The summed E-state index contributed by atoms with van der Waals surface area (Å²) in [4.78, 5) is 13.3. The summed E-state index contributed by atoms with van der Waals surface area (Å²) in [6.07, 6.45) is 3.60. The van der Waals surface area contributed by atoms with Crippen LogP contribution in [0.5, 0.6) is 0 Å². The van der Waals surface area contributed by atoms with Crippen molar-refractivity contribution >= 4 is 5.82 Å². The molecular weight excluding hydrogens is 254 g/mol. The first-order valence-corrected chi connectivity index (χ1v) is 6.78. The van der Waals surface area contributed by atoms with Crippen molar-refractivity contribution in [3.63, 3.8) is 0 Å². The maximum atomic E-state index is 5.17. The summed E-state index contributed by atoms with van der Waals surface area (Å²) >= 11 is 0. The van der Waals surface area contributed by atoms with Gasteiger partial charge >= 0.3 is 0 Å². The summed E-state index contributed by atoms with van der Waals surface area (Å²) in [7, 11) is 1.66. The second-order valence-electron chi connectivity index (χ2n) is 4.81. The third kappa shape index (κ3) is 3.14. The van der Waals surface area contributed by atoms with E-state index in [-0.39, 0.29) is 0 Å². The van der Waals surface area contributed by atoms with Crippen LogP contribution < -0.4 is 5.32 Å². The zero-order chi connectivity index (χ0) is 14.5. The number of imidazole rings is 1. The summed E-state index contributed by atoms with van der Waals surface area (Å²) < 4.78 is 7.23. The lowest BCUT2D eigenvalue weighted by atomic mass is 10.3. The third-order valence-electron chi connectivity index (χ3n) is 2.88. The average Bonchev–Trinajstić information content (AvgIpc) is 2.88. The first kappa shape index (κ1) is 14.5. The van der Waals surface area contributed by atoms with Crippen LogP contribution >= 0.6 is 0 Å². The van der Waals surface area contributed by atoms with Gasteiger partial charge < -0.3 is 14.6 Å². The van der Waals surface area contributed by atoms with E-state index < -0.39 is 0 Å². The molecule has 108 valence electrons. The Morgan fingerprint density at radius 1 is 1.35 bits per heavy atom. The smallest absolute Gasteiger partial charge is 0.180 e. The molecular formula is C14H21N5O. The van der Waals surface area contributed by atoms with E-state index in [1.54, 1.807) is 19.6 Å². The molecule has 1 N–H and O–H groups in total. The van der Waals surface area contributed by atoms with Crippen LogP contribution in [0.3, 0.4) is 0 Å². The van der Waals surface area contributed by atoms with Gasteiger partial charge in [-0.1, -0.05) is 0 Å². The molecule has 0 aliphatic carbocycles. The van der Waals surface area contributed by atoms with Crippen LogP contribution in [0.25, 0.3) is 11.5 Å². The van der Waals surface area contributed by atoms with Gasteiger partial charge in [0.05, 0.1) is 24.8 Å². The molecule has 0 unspecified atom stereocenters. The van der Waals surface area contributed by atoms with Crippen molar-refractivity contribution in [1.82, 2.24) is 19.5 Å². The quantitative estimate of drug-likeness (QED) is 0.877. The Morgan fingerprint density at radius 3 is 2.80 bits per heavy atom. The van der Waals surface area contributed by atoms with Gasteiger partial charge in [-0.25, -0.2) is 15.0 Å². The number of rotatable bonds is 6. The normalized spacial score (nSPS) is 11.1. The second-order valence-corrected chi connectivity index (χ2v) is 4.81. The van der Waals surface area contributed by atoms with Gasteiger partial charge in [0, 0.05) is 25.8 Å². The molecule has 2 heterocycles. The summed E-state index contributed by atoms with van der Waals surface area (Å²) in [5.41, 5.74) is 1.77. The van der Waals surface area contributed by atoms with Gasteiger partial charge in [0.2, 0.25) is 0 Å². The molecule has 2 aromatic heterocycles. The fourth-order valence-corrected chi connectivity index (χ4v) is 1.99. The van der Waals surface area contributed by atoms with Crippen LogP contribution in [0.15, 0.2) is 18.6 Å². The Balaban J connectivity index is 2.46. The average molecular weight is 275 g/mol. The number of hydrogen-bond acceptors (Lipinski definition) is 5. The molecule has 20 heavy (non-hydrogen) atoms. The summed E-state index contributed by atoms with van der Waals surface area (Å²) in [6.45, 7) is 7.52. The van der Waals surface area contributed by atoms with Gasteiger partial charge in [-0.3, -0.25) is 0 Å². The zero-order valence-electron chi connectivity index (χ0n) is 12.4. The monoisotopic (exact) mass is 275 g/mol. The van der Waals surface area contributed by atoms with Gasteiger partial charge in [-0.15, -0.1) is 0 Å². The van der Waals surface area contributed by atoms with Gasteiger partial charge in [0.25, 0.3) is 0 Å². The standard InChI is InChI=1S/C14H21N5O/c1-5-16-13-6-11(8-20-4)17-14(18-13)12-7-15-9-19(12)10(2)3/h6-7,9-10H,5,8H2,1-4H3,(H,16,17,18). The number of hydrogen-bond donors (Lipinski definition) is 1. The van der Waals surface area contributed by atoms with Crippen molar-refractivity contribution in [1.29, 1.82) is 0 Å². The van der Waals surface area contributed by atoms with Gasteiger partial charge in [0.1, 0.15) is 11.5 Å². The Hall–Kier alpha value is -1.95. The van der Waals surface area contributed by atoms with Crippen molar-refractivity contribution in [3.8, 4) is 11.5 Å². The minimum absolute atomic E-state index is 0.310. The summed E-state index contributed by atoms with van der Waals surface area (Å²) in [5.74, 6) is 1.47. The Bertz CT molecular complexity index is 540. The second kappa shape index (κ2) is 6.47. The lowest BCUT2D eigenvalue weighted by Crippen LogP contribution is -2.08. The van der Waals surface area contributed by atoms with Crippen LogP contribution in [-0.4, -0.2) is 33.2 Å². The molecule has 6 heteroatoms. The molecule has 2 rings (SSSR count). The maximum Gasteiger partial charge on any atom is 0.180 e. The number of anilines is 1. The van der Waals surface area contributed by atoms with Crippen molar-refractivity contribution < 1.29 is 4.74 Å². The number of nitrogens with zero attached hydrogens (tertiary/aromatic N) is 4. The molecule has 0 spiro atoms. The molecule has 0 saturated heterocycles. The maximum absolute atomic E-state index is 5.17. The highest BCUT2D eigenvalue weighted by Gasteiger charge is 2.13. The fourth-order valence-electron chi connectivity index (χ4n) is 1.99. The highest BCUT2D eigenvalue weighted by atomic mass is 16.5. The van der Waals surface area contributed by atoms with Crippen LogP contribution in [0.4, 0.5) is 5.82 Å². The largest absolute Gasteiger partial charge is 0.378 e. The van der Waals surface area contributed by atoms with E-state index in [0.29, 0.717) is 18.5 Å². The number of aromatic nitrogens is 4. The molecule has 0 saturated carbocycles. The minimum atomic E-state index is 0.310. The van der Waals surface area contributed by atoms with Crippen molar-refractivity contribution in [2.75, 3.05) is 19.0 Å². The molecule has 0 amide bonds. The minimum Gasteiger partial charge on any atom is -0.378 e. The van der Waals surface area contributed by atoms with Gasteiger partial charge in [-0.05, 0) is 20.8 Å². The molecule has 0 aromatic carbocycles. The third-order valence-corrected chi connectivity index (χ3v) is 2.88. The van der Waals surface area contributed by atoms with Gasteiger partial charge in [-0.2, -0.15) is 0 Å². The molecule has 0 radical (unpaired) electrons. The topological polar surface area (TPSA) is 64.9 Å². The predicted octanol–water partition coefficient (Wildman–Crippen LogP) is 2.50. The Morgan fingerprint density at radius 2 is 2.15 bits per heavy atom. The van der Waals surface area contributed by atoms with Crippen molar-refractivity contribution in [3.05, 3.63) is 24.3 Å². The van der Waals surface area contributed by atoms with Crippen LogP contribution in [-0.2, 0) is 11.3 Å². The number of nitrogens with one attached hydrogen (secondary N) is 1. The van der Waals surface area contributed by atoms with E-state index >= 15 is 0 Å². The lowest BCUT2D eigenvalue weighted by Gasteiger charge is -2.13. The molecule has 0 bridgehead atoms.